The van der Waals surface area contributed by atoms with Crippen molar-refractivity contribution in [3.05, 3.63) is 96.1 Å². The molecule has 5 heteroatoms. The molecule has 0 spiro atoms. The molecule has 1 N–H and O–H groups in total. The van der Waals surface area contributed by atoms with Crippen molar-refractivity contribution in [1.82, 2.24) is 10.2 Å². The number of piperidine rings is 1. The van der Waals surface area contributed by atoms with Gasteiger partial charge in [0.2, 0.25) is 0 Å². The van der Waals surface area contributed by atoms with Gasteiger partial charge in [0.1, 0.15) is 11.5 Å². The normalized spacial score (nSPS) is 14.8. The first-order valence-corrected chi connectivity index (χ1v) is 11.3. The Morgan fingerprint density at radius 2 is 1.41 bits per heavy atom. The van der Waals surface area contributed by atoms with Crippen molar-refractivity contribution < 1.29 is 14.3 Å². The van der Waals surface area contributed by atoms with E-state index < -0.39 is 6.09 Å². The van der Waals surface area contributed by atoms with Crippen molar-refractivity contribution in [3.63, 3.8) is 0 Å². The topological polar surface area (TPSA) is 50.8 Å². The SMILES string of the molecule is CCOc1ccc(OC(=O)NC2CCN(C(c3ccccc3)c3ccccc3)CC2)cc1. The van der Waals surface area contributed by atoms with Gasteiger partial charge in [-0.15, -0.1) is 0 Å². The average molecular weight is 431 g/mol. The van der Waals surface area contributed by atoms with Crippen LogP contribution in [0.4, 0.5) is 4.79 Å². The van der Waals surface area contributed by atoms with Crippen LogP contribution in [0.5, 0.6) is 11.5 Å². The van der Waals surface area contributed by atoms with Crippen molar-refractivity contribution in [2.24, 2.45) is 0 Å². The number of ether oxygens (including phenoxy) is 2. The van der Waals surface area contributed by atoms with Crippen LogP contribution in [0.1, 0.15) is 36.9 Å². The molecule has 0 unspecified atom stereocenters. The number of hydrogen-bond acceptors (Lipinski definition) is 4. The van der Waals surface area contributed by atoms with Crippen molar-refractivity contribution in [1.29, 1.82) is 0 Å². The first-order valence-electron chi connectivity index (χ1n) is 11.3. The predicted molar refractivity (Wildman–Crippen MR) is 126 cm³/mol. The van der Waals surface area contributed by atoms with E-state index in [0.717, 1.165) is 31.7 Å². The number of rotatable bonds is 7. The fourth-order valence-corrected chi connectivity index (χ4v) is 4.26. The Balaban J connectivity index is 1.34. The quantitative estimate of drug-likeness (QED) is 0.543. The summed E-state index contributed by atoms with van der Waals surface area (Å²) in [6, 6.07) is 28.7. The third-order valence-corrected chi connectivity index (χ3v) is 5.79. The van der Waals surface area contributed by atoms with Crippen LogP contribution >= 0.6 is 0 Å². The number of carbonyl (C=O) groups is 1. The van der Waals surface area contributed by atoms with E-state index in [1.807, 2.05) is 6.92 Å². The lowest BCUT2D eigenvalue weighted by atomic mass is 9.94. The summed E-state index contributed by atoms with van der Waals surface area (Å²) in [5.74, 6) is 1.27. The molecule has 1 aliphatic rings. The van der Waals surface area contributed by atoms with Crippen molar-refractivity contribution in [2.45, 2.75) is 31.8 Å². The van der Waals surface area contributed by atoms with Crippen LogP contribution < -0.4 is 14.8 Å². The Morgan fingerprint density at radius 1 is 0.875 bits per heavy atom. The van der Waals surface area contributed by atoms with Gasteiger partial charge in [-0.3, -0.25) is 4.90 Å². The fourth-order valence-electron chi connectivity index (χ4n) is 4.26. The van der Waals surface area contributed by atoms with Gasteiger partial charge in [-0.2, -0.15) is 0 Å². The van der Waals surface area contributed by atoms with Crippen molar-refractivity contribution >= 4 is 6.09 Å². The Hall–Kier alpha value is -3.31. The molecule has 0 bridgehead atoms. The zero-order valence-electron chi connectivity index (χ0n) is 18.4. The van der Waals surface area contributed by atoms with Crippen LogP contribution in [0.3, 0.4) is 0 Å². The second-order valence-electron chi connectivity index (χ2n) is 7.97. The number of amides is 1. The summed E-state index contributed by atoms with van der Waals surface area (Å²) in [6.45, 7) is 4.35. The maximum absolute atomic E-state index is 12.4. The summed E-state index contributed by atoms with van der Waals surface area (Å²) >= 11 is 0. The van der Waals surface area contributed by atoms with E-state index in [9.17, 15) is 4.79 Å². The zero-order chi connectivity index (χ0) is 22.2. The van der Waals surface area contributed by atoms with Crippen molar-refractivity contribution in [3.8, 4) is 11.5 Å². The molecule has 32 heavy (non-hydrogen) atoms. The molecule has 4 rings (SSSR count). The third-order valence-electron chi connectivity index (χ3n) is 5.79. The van der Waals surface area contributed by atoms with Gasteiger partial charge in [-0.1, -0.05) is 60.7 Å². The molecule has 0 atom stereocenters. The van der Waals surface area contributed by atoms with Crippen LogP contribution in [0.25, 0.3) is 0 Å². The van der Waals surface area contributed by atoms with Gasteiger partial charge in [0.05, 0.1) is 12.6 Å². The minimum Gasteiger partial charge on any atom is -0.494 e. The summed E-state index contributed by atoms with van der Waals surface area (Å²) < 4.78 is 10.9. The average Bonchev–Trinajstić information content (AvgIpc) is 2.83. The highest BCUT2D eigenvalue weighted by Crippen LogP contribution is 2.31. The Bertz CT molecular complexity index is 929. The van der Waals surface area contributed by atoms with E-state index in [4.69, 9.17) is 9.47 Å². The fraction of sp³-hybridized carbons (Fsp3) is 0.296. The van der Waals surface area contributed by atoms with Crippen LogP contribution in [0.2, 0.25) is 0 Å². The Morgan fingerprint density at radius 3 is 1.94 bits per heavy atom. The molecule has 0 aromatic heterocycles. The van der Waals surface area contributed by atoms with Gasteiger partial charge >= 0.3 is 6.09 Å². The van der Waals surface area contributed by atoms with E-state index in [0.29, 0.717) is 12.4 Å². The highest BCUT2D eigenvalue weighted by atomic mass is 16.6. The number of carbonyl (C=O) groups excluding carboxylic acids is 1. The summed E-state index contributed by atoms with van der Waals surface area (Å²) in [5, 5.41) is 3.03. The Kier molecular flexibility index (Phi) is 7.41. The lowest BCUT2D eigenvalue weighted by Crippen LogP contribution is -2.46. The van der Waals surface area contributed by atoms with Gasteiger partial charge < -0.3 is 14.8 Å². The lowest BCUT2D eigenvalue weighted by Gasteiger charge is -2.38. The minimum absolute atomic E-state index is 0.105. The molecule has 0 saturated carbocycles. The zero-order valence-corrected chi connectivity index (χ0v) is 18.4. The third kappa shape index (κ3) is 5.68. The number of nitrogens with one attached hydrogen (secondary N) is 1. The monoisotopic (exact) mass is 430 g/mol. The first-order chi connectivity index (χ1) is 15.7. The molecule has 3 aromatic rings. The molecule has 166 valence electrons. The van der Waals surface area contributed by atoms with Crippen LogP contribution in [0, 0.1) is 0 Å². The van der Waals surface area contributed by atoms with E-state index in [1.54, 1.807) is 24.3 Å². The molecule has 1 amide bonds. The van der Waals surface area contributed by atoms with Gasteiger partial charge in [0.25, 0.3) is 0 Å². The van der Waals surface area contributed by atoms with Gasteiger partial charge in [0.15, 0.2) is 0 Å². The number of hydrogen-bond donors (Lipinski definition) is 1. The minimum atomic E-state index is -0.407. The standard InChI is InChI=1S/C27H30N2O3/c1-2-31-24-13-15-25(16-14-24)32-27(30)28-23-17-19-29(20-18-23)26(21-9-5-3-6-10-21)22-11-7-4-8-12-22/h3-16,23,26H,2,17-20H2,1H3,(H,28,30). The highest BCUT2D eigenvalue weighted by Gasteiger charge is 2.28. The summed E-state index contributed by atoms with van der Waals surface area (Å²) in [7, 11) is 0. The molecule has 3 aromatic carbocycles. The number of benzene rings is 3. The highest BCUT2D eigenvalue weighted by molar-refractivity contribution is 5.70. The van der Waals surface area contributed by atoms with Gasteiger partial charge in [0, 0.05) is 19.1 Å². The molecule has 1 saturated heterocycles. The summed E-state index contributed by atoms with van der Waals surface area (Å²) in [6.07, 6.45) is 1.36. The maximum atomic E-state index is 12.4. The molecule has 1 fully saturated rings. The van der Waals surface area contributed by atoms with Crippen LogP contribution in [-0.4, -0.2) is 36.7 Å². The number of likely N-dealkylation sites (tertiary alicyclic amines) is 1. The maximum Gasteiger partial charge on any atom is 0.412 e. The largest absolute Gasteiger partial charge is 0.494 e. The van der Waals surface area contributed by atoms with E-state index in [2.05, 4.69) is 70.9 Å². The predicted octanol–water partition coefficient (Wildman–Crippen LogP) is 5.43. The van der Waals surface area contributed by atoms with E-state index in [1.165, 1.54) is 11.1 Å². The molecule has 5 nitrogen and oxygen atoms in total. The van der Waals surface area contributed by atoms with E-state index >= 15 is 0 Å². The molecule has 0 aliphatic carbocycles. The second-order valence-corrected chi connectivity index (χ2v) is 7.97. The molecule has 0 radical (unpaired) electrons. The van der Waals surface area contributed by atoms with Crippen LogP contribution in [-0.2, 0) is 0 Å². The van der Waals surface area contributed by atoms with Crippen molar-refractivity contribution in [2.75, 3.05) is 19.7 Å². The van der Waals surface area contributed by atoms with Crippen LogP contribution in [0.15, 0.2) is 84.9 Å². The lowest BCUT2D eigenvalue weighted by molar-refractivity contribution is 0.153. The summed E-state index contributed by atoms with van der Waals surface area (Å²) in [5.41, 5.74) is 2.58. The van der Waals surface area contributed by atoms with Gasteiger partial charge in [-0.05, 0) is 55.2 Å². The Labute approximate surface area is 190 Å². The number of nitrogens with zero attached hydrogens (tertiary/aromatic N) is 1. The molecule has 1 heterocycles. The second kappa shape index (κ2) is 10.8. The smallest absolute Gasteiger partial charge is 0.412 e. The molecular formula is C27H30N2O3. The molecule has 1 aliphatic heterocycles. The summed E-state index contributed by atoms with van der Waals surface area (Å²) in [4.78, 5) is 14.9. The van der Waals surface area contributed by atoms with E-state index in [-0.39, 0.29) is 12.1 Å². The van der Waals surface area contributed by atoms with Gasteiger partial charge in [-0.25, -0.2) is 4.79 Å². The first kappa shape index (κ1) is 21.9. The molecular weight excluding hydrogens is 400 g/mol.